The van der Waals surface area contributed by atoms with Crippen molar-refractivity contribution in [1.29, 1.82) is 5.26 Å². The van der Waals surface area contributed by atoms with Crippen LogP contribution in [0.3, 0.4) is 0 Å². The summed E-state index contributed by atoms with van der Waals surface area (Å²) in [5.41, 5.74) is 0.871. The van der Waals surface area contributed by atoms with Crippen LogP contribution in [0.5, 0.6) is 0 Å². The molecule has 0 N–H and O–H groups in total. The Balaban J connectivity index is 1.49. The first-order valence-corrected chi connectivity index (χ1v) is 10.3. The molecule has 0 spiro atoms. The van der Waals surface area contributed by atoms with E-state index >= 15 is 0 Å². The number of imide groups is 1. The van der Waals surface area contributed by atoms with Gasteiger partial charge in [-0.15, -0.1) is 11.3 Å². The maximum atomic E-state index is 12.9. The molecule has 5 nitrogen and oxygen atoms in total. The van der Waals surface area contributed by atoms with Crippen molar-refractivity contribution in [1.82, 2.24) is 9.88 Å². The van der Waals surface area contributed by atoms with Crippen molar-refractivity contribution in [2.75, 3.05) is 6.54 Å². The van der Waals surface area contributed by atoms with Gasteiger partial charge < -0.3 is 0 Å². The third kappa shape index (κ3) is 4.18. The lowest BCUT2D eigenvalue weighted by Crippen LogP contribution is -2.31. The van der Waals surface area contributed by atoms with Gasteiger partial charge in [0.2, 0.25) is 0 Å². The van der Waals surface area contributed by atoms with Crippen LogP contribution in [0.25, 0.3) is 11.6 Å². The van der Waals surface area contributed by atoms with Gasteiger partial charge in [0.25, 0.3) is 11.8 Å². The Morgan fingerprint density at radius 3 is 2.41 bits per heavy atom. The molecule has 1 aliphatic rings. The van der Waals surface area contributed by atoms with E-state index in [1.54, 1.807) is 29.6 Å². The summed E-state index contributed by atoms with van der Waals surface area (Å²) in [6.07, 6.45) is -2.83. The van der Waals surface area contributed by atoms with Crippen molar-refractivity contribution in [3.8, 4) is 6.07 Å². The molecule has 0 saturated carbocycles. The Morgan fingerprint density at radius 2 is 1.78 bits per heavy atom. The van der Waals surface area contributed by atoms with Crippen LogP contribution in [-0.4, -0.2) is 28.2 Å². The number of nitrogens with zero attached hydrogens (tertiary/aromatic N) is 3. The average Bonchev–Trinajstić information content (AvgIpc) is 3.34. The van der Waals surface area contributed by atoms with Gasteiger partial charge in [0.05, 0.1) is 28.0 Å². The number of aromatic nitrogens is 1. The predicted molar refractivity (Wildman–Crippen MR) is 113 cm³/mol. The van der Waals surface area contributed by atoms with Crippen LogP contribution in [-0.2, 0) is 12.6 Å². The third-order valence-electron chi connectivity index (χ3n) is 4.90. The molecule has 160 valence electrons. The minimum absolute atomic E-state index is 0.126. The number of thiazole rings is 1. The first-order chi connectivity index (χ1) is 15.3. The van der Waals surface area contributed by atoms with Crippen LogP contribution in [0.4, 0.5) is 13.2 Å². The second-order valence-corrected chi connectivity index (χ2v) is 7.85. The Hall–Kier alpha value is -3.77. The van der Waals surface area contributed by atoms with Crippen molar-refractivity contribution in [3.63, 3.8) is 0 Å². The van der Waals surface area contributed by atoms with Crippen LogP contribution < -0.4 is 0 Å². The van der Waals surface area contributed by atoms with Gasteiger partial charge in [-0.1, -0.05) is 24.3 Å². The van der Waals surface area contributed by atoms with Crippen molar-refractivity contribution >= 4 is 34.8 Å². The maximum Gasteiger partial charge on any atom is 0.416 e. The summed E-state index contributed by atoms with van der Waals surface area (Å²) in [7, 11) is 0. The topological polar surface area (TPSA) is 74.1 Å². The number of amides is 2. The second-order valence-electron chi connectivity index (χ2n) is 6.99. The molecule has 2 aromatic carbocycles. The zero-order valence-electron chi connectivity index (χ0n) is 16.4. The molecular formula is C23H14F3N3O2S. The van der Waals surface area contributed by atoms with Gasteiger partial charge in [0, 0.05) is 18.3 Å². The Bertz CT molecular complexity index is 1250. The summed E-state index contributed by atoms with van der Waals surface area (Å²) in [6, 6.07) is 13.3. The summed E-state index contributed by atoms with van der Waals surface area (Å²) >= 11 is 1.17. The van der Waals surface area contributed by atoms with Gasteiger partial charge in [-0.25, -0.2) is 4.98 Å². The van der Waals surface area contributed by atoms with E-state index in [2.05, 4.69) is 4.98 Å². The van der Waals surface area contributed by atoms with E-state index in [4.69, 9.17) is 0 Å². The van der Waals surface area contributed by atoms with Gasteiger partial charge in [-0.2, -0.15) is 18.4 Å². The molecule has 0 aliphatic carbocycles. The molecule has 9 heteroatoms. The highest BCUT2D eigenvalue weighted by atomic mass is 32.1. The van der Waals surface area contributed by atoms with E-state index in [0.29, 0.717) is 28.2 Å². The lowest BCUT2D eigenvalue weighted by atomic mass is 10.1. The lowest BCUT2D eigenvalue weighted by Gasteiger charge is -2.12. The molecule has 1 aliphatic heterocycles. The van der Waals surface area contributed by atoms with E-state index in [1.807, 2.05) is 6.07 Å². The molecule has 2 amide bonds. The fourth-order valence-electron chi connectivity index (χ4n) is 3.33. The van der Waals surface area contributed by atoms with E-state index in [0.717, 1.165) is 17.0 Å². The number of nitriles is 1. The number of rotatable bonds is 5. The highest BCUT2D eigenvalue weighted by molar-refractivity contribution is 7.11. The van der Waals surface area contributed by atoms with E-state index in [1.165, 1.54) is 29.5 Å². The van der Waals surface area contributed by atoms with Crippen molar-refractivity contribution in [3.05, 3.63) is 86.9 Å². The Labute approximate surface area is 185 Å². The number of hydrogen-bond donors (Lipinski definition) is 0. The van der Waals surface area contributed by atoms with Crippen molar-refractivity contribution in [2.45, 2.75) is 12.6 Å². The SMILES string of the molecule is N#CC(=Cc1cccc(C(F)(F)F)c1)c1nc(CCN2C(=O)c3ccccc3C2=O)cs1. The molecular weight excluding hydrogens is 439 g/mol. The van der Waals surface area contributed by atoms with Crippen LogP contribution >= 0.6 is 11.3 Å². The van der Waals surface area contributed by atoms with Crippen LogP contribution in [0.2, 0.25) is 0 Å². The first-order valence-electron chi connectivity index (χ1n) is 9.47. The molecule has 2 heterocycles. The van der Waals surface area contributed by atoms with Gasteiger partial charge in [-0.05, 0) is 35.9 Å². The van der Waals surface area contributed by atoms with Crippen molar-refractivity contribution < 1.29 is 22.8 Å². The van der Waals surface area contributed by atoms with E-state index in [-0.39, 0.29) is 29.5 Å². The zero-order chi connectivity index (χ0) is 22.9. The summed E-state index contributed by atoms with van der Waals surface area (Å²) in [6.45, 7) is 0.134. The number of alkyl halides is 3. The van der Waals surface area contributed by atoms with Gasteiger partial charge in [0.15, 0.2) is 0 Å². The number of fused-ring (bicyclic) bond motifs is 1. The Kier molecular flexibility index (Phi) is 5.63. The molecule has 0 radical (unpaired) electrons. The fourth-order valence-corrected chi connectivity index (χ4v) is 4.15. The Morgan fingerprint density at radius 1 is 1.09 bits per heavy atom. The van der Waals surface area contributed by atoms with E-state index < -0.39 is 11.7 Å². The molecule has 4 rings (SSSR count). The molecule has 32 heavy (non-hydrogen) atoms. The predicted octanol–water partition coefficient (Wildman–Crippen LogP) is 5.06. The normalized spacial score (nSPS) is 13.9. The number of hydrogen-bond acceptors (Lipinski definition) is 5. The summed E-state index contributed by atoms with van der Waals surface area (Å²) in [5.74, 6) is -0.716. The molecule has 0 bridgehead atoms. The minimum atomic E-state index is -4.48. The standard InChI is InChI=1S/C23H14F3N3O2S/c24-23(25,26)16-5-3-4-14(11-16)10-15(12-27)20-28-17(13-32-20)8-9-29-21(30)18-6-1-2-7-19(18)22(29)31/h1-7,10-11,13H,8-9H2. The van der Waals surface area contributed by atoms with Gasteiger partial charge in [-0.3, -0.25) is 14.5 Å². The summed E-state index contributed by atoms with van der Waals surface area (Å²) in [5, 5.41) is 11.5. The number of allylic oxidation sites excluding steroid dienone is 1. The maximum absolute atomic E-state index is 12.9. The zero-order valence-corrected chi connectivity index (χ0v) is 17.2. The first kappa shape index (κ1) is 21.5. The molecule has 0 saturated heterocycles. The number of carbonyl (C=O) groups is 2. The minimum Gasteiger partial charge on any atom is -0.274 e. The monoisotopic (exact) mass is 453 g/mol. The van der Waals surface area contributed by atoms with Crippen molar-refractivity contribution in [2.24, 2.45) is 0 Å². The number of halogens is 3. The average molecular weight is 453 g/mol. The number of benzene rings is 2. The largest absolute Gasteiger partial charge is 0.416 e. The molecule has 0 atom stereocenters. The second kappa shape index (κ2) is 8.40. The molecule has 0 fully saturated rings. The summed E-state index contributed by atoms with van der Waals surface area (Å²) < 4.78 is 38.8. The molecule has 3 aromatic rings. The van der Waals surface area contributed by atoms with E-state index in [9.17, 15) is 28.0 Å². The van der Waals surface area contributed by atoms with Crippen LogP contribution in [0.15, 0.2) is 53.9 Å². The van der Waals surface area contributed by atoms with Gasteiger partial charge >= 0.3 is 6.18 Å². The number of carbonyl (C=O) groups excluding carboxylic acids is 2. The highest BCUT2D eigenvalue weighted by Crippen LogP contribution is 2.31. The fraction of sp³-hybridized carbons (Fsp3) is 0.130. The molecule has 0 unspecified atom stereocenters. The quantitative estimate of drug-likeness (QED) is 0.400. The lowest BCUT2D eigenvalue weighted by molar-refractivity contribution is -0.137. The smallest absolute Gasteiger partial charge is 0.274 e. The van der Waals surface area contributed by atoms with Gasteiger partial charge in [0.1, 0.15) is 11.1 Å². The third-order valence-corrected chi connectivity index (χ3v) is 5.82. The van der Waals surface area contributed by atoms with Crippen LogP contribution in [0, 0.1) is 11.3 Å². The highest BCUT2D eigenvalue weighted by Gasteiger charge is 2.34. The molecule has 1 aromatic heterocycles. The van der Waals surface area contributed by atoms with Crippen LogP contribution in [0.1, 0.15) is 42.5 Å². The summed E-state index contributed by atoms with van der Waals surface area (Å²) in [4.78, 5) is 30.4.